The van der Waals surface area contributed by atoms with Crippen molar-refractivity contribution in [3.05, 3.63) is 28.2 Å². The van der Waals surface area contributed by atoms with Gasteiger partial charge in [-0.2, -0.15) is 0 Å². The van der Waals surface area contributed by atoms with E-state index >= 15 is 0 Å². The molecule has 3 heteroatoms. The summed E-state index contributed by atoms with van der Waals surface area (Å²) in [5.41, 5.74) is 1.64. The van der Waals surface area contributed by atoms with Gasteiger partial charge in [-0.25, -0.2) is 0 Å². The summed E-state index contributed by atoms with van der Waals surface area (Å²) >= 11 is 3.71. The van der Waals surface area contributed by atoms with Gasteiger partial charge in [0, 0.05) is 10.5 Å². The highest BCUT2D eigenvalue weighted by Gasteiger charge is 2.25. The van der Waals surface area contributed by atoms with E-state index in [2.05, 4.69) is 74.1 Å². The van der Waals surface area contributed by atoms with Crippen LogP contribution in [0.5, 0.6) is 5.75 Å². The van der Waals surface area contributed by atoms with E-state index < -0.39 is 0 Å². The molecule has 1 aromatic carbocycles. The molecule has 2 nitrogen and oxygen atoms in total. The molecular formula is C18H30BrNO. The molecule has 0 amide bonds. The molecule has 21 heavy (non-hydrogen) atoms. The standard InChI is InChI=1S/C18H30BrNO/c1-7-20-17(11-13(3)18(4,5)6)15-10-9-14(21-8-2)12-16(15)19/h9-10,12-13,17,20H,7-8,11H2,1-6H3. The van der Waals surface area contributed by atoms with E-state index in [0.29, 0.717) is 24.0 Å². The van der Waals surface area contributed by atoms with Crippen molar-refractivity contribution in [3.8, 4) is 5.75 Å². The summed E-state index contributed by atoms with van der Waals surface area (Å²) < 4.78 is 6.69. The summed E-state index contributed by atoms with van der Waals surface area (Å²) in [5, 5.41) is 3.62. The molecule has 0 aliphatic heterocycles. The topological polar surface area (TPSA) is 21.3 Å². The van der Waals surface area contributed by atoms with Gasteiger partial charge in [0.1, 0.15) is 5.75 Å². The summed E-state index contributed by atoms with van der Waals surface area (Å²) in [7, 11) is 0. The van der Waals surface area contributed by atoms with Crippen molar-refractivity contribution in [1.82, 2.24) is 5.32 Å². The van der Waals surface area contributed by atoms with Gasteiger partial charge in [0.2, 0.25) is 0 Å². The van der Waals surface area contributed by atoms with Crippen molar-refractivity contribution in [2.24, 2.45) is 11.3 Å². The van der Waals surface area contributed by atoms with Crippen molar-refractivity contribution < 1.29 is 4.74 Å². The molecule has 0 radical (unpaired) electrons. The Bertz CT molecular complexity index is 439. The molecule has 0 aromatic heterocycles. The second kappa shape index (κ2) is 8.19. The SMILES string of the molecule is CCNC(CC(C)C(C)(C)C)c1ccc(OCC)cc1Br. The molecule has 120 valence electrons. The number of rotatable bonds is 7. The van der Waals surface area contributed by atoms with Crippen LogP contribution in [0.1, 0.15) is 59.6 Å². The van der Waals surface area contributed by atoms with Crippen LogP contribution in [0.4, 0.5) is 0 Å². The minimum absolute atomic E-state index is 0.325. The second-order valence-electron chi connectivity index (χ2n) is 6.73. The van der Waals surface area contributed by atoms with Crippen molar-refractivity contribution >= 4 is 15.9 Å². The van der Waals surface area contributed by atoms with Gasteiger partial charge >= 0.3 is 0 Å². The van der Waals surface area contributed by atoms with Crippen LogP contribution >= 0.6 is 15.9 Å². The Labute approximate surface area is 138 Å². The van der Waals surface area contributed by atoms with E-state index in [1.165, 1.54) is 5.56 Å². The van der Waals surface area contributed by atoms with Gasteiger partial charge in [0.15, 0.2) is 0 Å². The van der Waals surface area contributed by atoms with Crippen LogP contribution in [0.25, 0.3) is 0 Å². The molecule has 0 aliphatic carbocycles. The lowest BCUT2D eigenvalue weighted by molar-refractivity contribution is 0.223. The smallest absolute Gasteiger partial charge is 0.120 e. The first-order chi connectivity index (χ1) is 9.79. The zero-order valence-electron chi connectivity index (χ0n) is 14.3. The number of hydrogen-bond acceptors (Lipinski definition) is 2. The molecule has 1 N–H and O–H groups in total. The predicted molar refractivity (Wildman–Crippen MR) is 95.0 cm³/mol. The Morgan fingerprint density at radius 3 is 2.38 bits per heavy atom. The predicted octanol–water partition coefficient (Wildman–Crippen LogP) is 5.57. The van der Waals surface area contributed by atoms with Gasteiger partial charge in [-0.3, -0.25) is 0 Å². The van der Waals surface area contributed by atoms with Crippen LogP contribution in [0.3, 0.4) is 0 Å². The average Bonchev–Trinajstić information content (AvgIpc) is 2.37. The van der Waals surface area contributed by atoms with Crippen LogP contribution < -0.4 is 10.1 Å². The molecule has 0 heterocycles. The molecule has 1 rings (SSSR count). The lowest BCUT2D eigenvalue weighted by atomic mass is 9.77. The monoisotopic (exact) mass is 355 g/mol. The van der Waals surface area contributed by atoms with E-state index in [1.807, 2.05) is 6.92 Å². The Morgan fingerprint density at radius 2 is 1.90 bits per heavy atom. The summed E-state index contributed by atoms with van der Waals surface area (Å²) in [6.45, 7) is 15.1. The molecule has 0 bridgehead atoms. The zero-order chi connectivity index (χ0) is 16.0. The van der Waals surface area contributed by atoms with Crippen molar-refractivity contribution in [2.75, 3.05) is 13.2 Å². The lowest BCUT2D eigenvalue weighted by Gasteiger charge is -2.31. The Hall–Kier alpha value is -0.540. The fraction of sp³-hybridized carbons (Fsp3) is 0.667. The fourth-order valence-electron chi connectivity index (χ4n) is 2.32. The van der Waals surface area contributed by atoms with Gasteiger partial charge in [0.05, 0.1) is 6.61 Å². The number of ether oxygens (including phenoxy) is 1. The highest BCUT2D eigenvalue weighted by molar-refractivity contribution is 9.10. The maximum absolute atomic E-state index is 5.57. The third kappa shape index (κ3) is 5.63. The summed E-state index contributed by atoms with van der Waals surface area (Å²) in [5.74, 6) is 1.56. The van der Waals surface area contributed by atoms with E-state index in [0.717, 1.165) is 23.2 Å². The molecule has 0 fully saturated rings. The Kier molecular flexibility index (Phi) is 7.22. The van der Waals surface area contributed by atoms with Gasteiger partial charge < -0.3 is 10.1 Å². The van der Waals surface area contributed by atoms with Crippen LogP contribution in [0, 0.1) is 11.3 Å². The lowest BCUT2D eigenvalue weighted by Crippen LogP contribution is -2.27. The van der Waals surface area contributed by atoms with Crippen molar-refractivity contribution in [1.29, 1.82) is 0 Å². The molecule has 0 spiro atoms. The molecule has 2 unspecified atom stereocenters. The van der Waals surface area contributed by atoms with Gasteiger partial charge in [0.25, 0.3) is 0 Å². The van der Waals surface area contributed by atoms with Gasteiger partial charge in [-0.05, 0) is 48.9 Å². The van der Waals surface area contributed by atoms with Crippen LogP contribution in [0.15, 0.2) is 22.7 Å². The quantitative estimate of drug-likeness (QED) is 0.689. The molecular weight excluding hydrogens is 326 g/mol. The molecule has 2 atom stereocenters. The largest absolute Gasteiger partial charge is 0.494 e. The second-order valence-corrected chi connectivity index (χ2v) is 7.58. The van der Waals surface area contributed by atoms with E-state index in [9.17, 15) is 0 Å². The van der Waals surface area contributed by atoms with Gasteiger partial charge in [-0.1, -0.05) is 56.6 Å². The number of nitrogens with one attached hydrogen (secondary N) is 1. The minimum Gasteiger partial charge on any atom is -0.494 e. The number of halogens is 1. The molecule has 0 aliphatic rings. The average molecular weight is 356 g/mol. The zero-order valence-corrected chi connectivity index (χ0v) is 15.9. The molecule has 1 aromatic rings. The summed E-state index contributed by atoms with van der Waals surface area (Å²) in [6.07, 6.45) is 1.13. The fourth-order valence-corrected chi connectivity index (χ4v) is 2.95. The van der Waals surface area contributed by atoms with Crippen LogP contribution in [-0.2, 0) is 0 Å². The maximum atomic E-state index is 5.57. The highest BCUT2D eigenvalue weighted by atomic mass is 79.9. The molecule has 0 saturated heterocycles. The Balaban J connectivity index is 2.95. The summed E-state index contributed by atoms with van der Waals surface area (Å²) in [4.78, 5) is 0. The van der Waals surface area contributed by atoms with Crippen molar-refractivity contribution in [3.63, 3.8) is 0 Å². The molecule has 0 saturated carbocycles. The first-order valence-corrected chi connectivity index (χ1v) is 8.74. The minimum atomic E-state index is 0.325. The third-order valence-corrected chi connectivity index (χ3v) is 4.86. The van der Waals surface area contributed by atoms with E-state index in [4.69, 9.17) is 4.74 Å². The summed E-state index contributed by atoms with van der Waals surface area (Å²) in [6, 6.07) is 6.69. The number of hydrogen-bond donors (Lipinski definition) is 1. The normalized spacial score (nSPS) is 14.8. The van der Waals surface area contributed by atoms with Crippen LogP contribution in [0.2, 0.25) is 0 Å². The van der Waals surface area contributed by atoms with Crippen LogP contribution in [-0.4, -0.2) is 13.2 Å². The highest BCUT2D eigenvalue weighted by Crippen LogP contribution is 2.36. The maximum Gasteiger partial charge on any atom is 0.120 e. The van der Waals surface area contributed by atoms with E-state index in [-0.39, 0.29) is 0 Å². The van der Waals surface area contributed by atoms with Gasteiger partial charge in [-0.15, -0.1) is 0 Å². The first kappa shape index (κ1) is 18.5. The Morgan fingerprint density at radius 1 is 1.24 bits per heavy atom. The third-order valence-electron chi connectivity index (χ3n) is 4.18. The van der Waals surface area contributed by atoms with Crippen molar-refractivity contribution in [2.45, 2.75) is 54.0 Å². The van der Waals surface area contributed by atoms with E-state index in [1.54, 1.807) is 0 Å². The first-order valence-electron chi connectivity index (χ1n) is 7.95. The number of benzene rings is 1.